The van der Waals surface area contributed by atoms with E-state index >= 15 is 0 Å². The molecule has 0 amide bonds. The number of rotatable bonds is 6. The highest BCUT2D eigenvalue weighted by Gasteiger charge is 2.14. The number of fused-ring (bicyclic) bond motifs is 1. The van der Waals surface area contributed by atoms with Gasteiger partial charge in [-0.25, -0.2) is 19.0 Å². The second kappa shape index (κ2) is 9.36. The van der Waals surface area contributed by atoms with Crippen molar-refractivity contribution in [2.24, 2.45) is 0 Å². The molecule has 0 aliphatic rings. The van der Waals surface area contributed by atoms with E-state index in [0.29, 0.717) is 22.8 Å². The summed E-state index contributed by atoms with van der Waals surface area (Å²) in [7, 11) is 0. The predicted molar refractivity (Wildman–Crippen MR) is 142 cm³/mol. The molecule has 0 radical (unpaired) electrons. The van der Waals surface area contributed by atoms with E-state index in [1.165, 1.54) is 45.8 Å². The lowest BCUT2D eigenvalue weighted by atomic mass is 10.0. The van der Waals surface area contributed by atoms with E-state index in [1.807, 2.05) is 36.4 Å². The van der Waals surface area contributed by atoms with Gasteiger partial charge in [-0.15, -0.1) is 10.2 Å². The monoisotopic (exact) mass is 534 g/mol. The van der Waals surface area contributed by atoms with E-state index in [-0.39, 0.29) is 22.6 Å². The summed E-state index contributed by atoms with van der Waals surface area (Å²) in [5.74, 6) is -3.19. The number of aromatic nitrogens is 6. The maximum Gasteiger partial charge on any atom is 0.339 e. The Morgan fingerprint density at radius 1 is 0.575 bits per heavy atom. The summed E-state index contributed by atoms with van der Waals surface area (Å²) in [6.45, 7) is 0. The van der Waals surface area contributed by atoms with Gasteiger partial charge in [-0.2, -0.15) is 0 Å². The van der Waals surface area contributed by atoms with Crippen LogP contribution in [-0.2, 0) is 0 Å². The van der Waals surface area contributed by atoms with Crippen LogP contribution in [0.25, 0.3) is 44.7 Å². The molecule has 12 heteroatoms. The lowest BCUT2D eigenvalue weighted by molar-refractivity contribution is 0.0682. The SMILES string of the molecule is O=C(O)c1ccc(-n2cc(-c3ccc4ccc(-c5cn(-c6ccc(C(=O)O)c(O)c6)nn5)cc4c3)nn2)cc1O. The molecule has 6 aromatic rings. The molecular weight excluding hydrogens is 516 g/mol. The topological polar surface area (TPSA) is 176 Å². The average Bonchev–Trinajstić information content (AvgIpc) is 3.63. The van der Waals surface area contributed by atoms with Crippen molar-refractivity contribution in [1.29, 1.82) is 0 Å². The second-order valence-corrected chi connectivity index (χ2v) is 8.89. The zero-order chi connectivity index (χ0) is 28.0. The van der Waals surface area contributed by atoms with Crippen LogP contribution in [0, 0.1) is 0 Å². The fraction of sp³-hybridized carbons (Fsp3) is 0. The third-order valence-electron chi connectivity index (χ3n) is 6.37. The molecule has 0 aliphatic heterocycles. The average molecular weight is 534 g/mol. The number of aromatic hydroxyl groups is 2. The number of hydrogen-bond donors (Lipinski definition) is 4. The van der Waals surface area contributed by atoms with Gasteiger partial charge < -0.3 is 20.4 Å². The van der Waals surface area contributed by atoms with Gasteiger partial charge in [0.25, 0.3) is 0 Å². The Morgan fingerprint density at radius 2 is 1.02 bits per heavy atom. The molecule has 2 aromatic heterocycles. The van der Waals surface area contributed by atoms with Crippen LogP contribution in [0.3, 0.4) is 0 Å². The van der Waals surface area contributed by atoms with Crippen molar-refractivity contribution in [3.05, 3.63) is 96.3 Å². The van der Waals surface area contributed by atoms with Crippen molar-refractivity contribution >= 4 is 22.7 Å². The second-order valence-electron chi connectivity index (χ2n) is 8.89. The minimum absolute atomic E-state index is 0.205. The number of nitrogens with zero attached hydrogens (tertiary/aromatic N) is 6. The fourth-order valence-electron chi connectivity index (χ4n) is 4.30. The molecule has 40 heavy (non-hydrogen) atoms. The van der Waals surface area contributed by atoms with Crippen molar-refractivity contribution < 1.29 is 30.0 Å². The van der Waals surface area contributed by atoms with E-state index in [9.17, 15) is 19.8 Å². The lowest BCUT2D eigenvalue weighted by Gasteiger charge is -2.05. The molecule has 0 unspecified atom stereocenters. The van der Waals surface area contributed by atoms with Gasteiger partial charge in [0, 0.05) is 23.3 Å². The standard InChI is InChI=1S/C28H18N6O6/c35-25-11-19(5-7-21(25)27(37)38)33-13-23(29-31-33)16-3-1-15-2-4-17(10-18(15)9-16)24-14-34(32-30-24)20-6-8-22(28(39)40)26(36)12-20/h1-14,35-36H,(H,37,38)(H,39,40). The van der Waals surface area contributed by atoms with Crippen molar-refractivity contribution in [3.63, 3.8) is 0 Å². The molecule has 4 aromatic carbocycles. The maximum absolute atomic E-state index is 11.2. The molecule has 0 saturated carbocycles. The van der Waals surface area contributed by atoms with Gasteiger partial charge in [0.2, 0.25) is 0 Å². The highest BCUT2D eigenvalue weighted by atomic mass is 16.4. The van der Waals surface area contributed by atoms with Crippen LogP contribution in [-0.4, -0.2) is 62.4 Å². The molecule has 0 fully saturated rings. The van der Waals surface area contributed by atoms with Crippen molar-refractivity contribution in [3.8, 4) is 45.4 Å². The highest BCUT2D eigenvalue weighted by Crippen LogP contribution is 2.29. The summed E-state index contributed by atoms with van der Waals surface area (Å²) in [6, 6.07) is 19.9. The Balaban J connectivity index is 1.29. The zero-order valence-corrected chi connectivity index (χ0v) is 20.4. The van der Waals surface area contributed by atoms with E-state index in [0.717, 1.165) is 21.9 Å². The molecule has 2 heterocycles. The molecule has 0 bridgehead atoms. The van der Waals surface area contributed by atoms with Gasteiger partial charge in [0.15, 0.2) is 0 Å². The van der Waals surface area contributed by atoms with Crippen LogP contribution in [0.5, 0.6) is 11.5 Å². The fourth-order valence-corrected chi connectivity index (χ4v) is 4.30. The van der Waals surface area contributed by atoms with Gasteiger partial charge in [0.05, 0.1) is 23.8 Å². The van der Waals surface area contributed by atoms with Crippen LogP contribution in [0.15, 0.2) is 85.2 Å². The van der Waals surface area contributed by atoms with Crippen LogP contribution in [0.2, 0.25) is 0 Å². The summed E-state index contributed by atoms with van der Waals surface area (Å²) >= 11 is 0. The molecular formula is C28H18N6O6. The Labute approximate surface area is 224 Å². The first kappa shape index (κ1) is 24.3. The largest absolute Gasteiger partial charge is 0.507 e. The van der Waals surface area contributed by atoms with Crippen LogP contribution in [0.1, 0.15) is 20.7 Å². The third kappa shape index (κ3) is 4.35. The first-order valence-electron chi connectivity index (χ1n) is 11.8. The molecule has 12 nitrogen and oxygen atoms in total. The van der Waals surface area contributed by atoms with Gasteiger partial charge in [-0.05, 0) is 47.2 Å². The van der Waals surface area contributed by atoms with E-state index in [4.69, 9.17) is 10.2 Å². The Hall–Kier alpha value is -6.04. The number of carboxylic acid groups (broad SMARTS) is 2. The Morgan fingerprint density at radius 3 is 1.43 bits per heavy atom. The summed E-state index contributed by atoms with van der Waals surface area (Å²) in [6.07, 6.45) is 3.35. The van der Waals surface area contributed by atoms with E-state index in [2.05, 4.69) is 20.6 Å². The minimum atomic E-state index is -1.23. The highest BCUT2D eigenvalue weighted by molar-refractivity contribution is 5.92. The number of aromatic carboxylic acids is 2. The number of phenols is 2. The zero-order valence-electron chi connectivity index (χ0n) is 20.4. The normalized spacial score (nSPS) is 11.1. The van der Waals surface area contributed by atoms with Crippen LogP contribution < -0.4 is 0 Å². The summed E-state index contributed by atoms with van der Waals surface area (Å²) in [5, 5.41) is 56.8. The first-order chi connectivity index (χ1) is 19.3. The Kier molecular flexibility index (Phi) is 5.69. The summed E-state index contributed by atoms with van der Waals surface area (Å²) < 4.78 is 2.89. The van der Waals surface area contributed by atoms with Crippen LogP contribution in [0.4, 0.5) is 0 Å². The van der Waals surface area contributed by atoms with Gasteiger partial charge in [-0.3, -0.25) is 0 Å². The maximum atomic E-state index is 11.2. The minimum Gasteiger partial charge on any atom is -0.507 e. The number of carbonyl (C=O) groups is 2. The summed E-state index contributed by atoms with van der Waals surface area (Å²) in [5.41, 5.74) is 3.23. The van der Waals surface area contributed by atoms with Crippen LogP contribution >= 0.6 is 0 Å². The lowest BCUT2D eigenvalue weighted by Crippen LogP contribution is -1.99. The van der Waals surface area contributed by atoms with Gasteiger partial charge >= 0.3 is 11.9 Å². The van der Waals surface area contributed by atoms with Crippen molar-refractivity contribution in [2.45, 2.75) is 0 Å². The van der Waals surface area contributed by atoms with Crippen molar-refractivity contribution in [2.75, 3.05) is 0 Å². The molecule has 6 rings (SSSR count). The van der Waals surface area contributed by atoms with E-state index in [1.54, 1.807) is 12.4 Å². The molecule has 4 N–H and O–H groups in total. The predicted octanol–water partition coefficient (Wildman–Crippen LogP) is 4.14. The Bertz CT molecular complexity index is 1820. The van der Waals surface area contributed by atoms with Gasteiger partial charge in [-0.1, -0.05) is 34.7 Å². The molecule has 196 valence electrons. The quantitative estimate of drug-likeness (QED) is 0.243. The van der Waals surface area contributed by atoms with E-state index < -0.39 is 11.9 Å². The number of benzene rings is 4. The first-order valence-corrected chi connectivity index (χ1v) is 11.8. The molecule has 0 aliphatic carbocycles. The molecule has 0 atom stereocenters. The smallest absolute Gasteiger partial charge is 0.339 e. The number of hydrogen-bond acceptors (Lipinski definition) is 8. The van der Waals surface area contributed by atoms with Gasteiger partial charge in [0.1, 0.15) is 34.0 Å². The van der Waals surface area contributed by atoms with Crippen molar-refractivity contribution in [1.82, 2.24) is 30.0 Å². The molecule has 0 saturated heterocycles. The summed E-state index contributed by atoms with van der Waals surface area (Å²) in [4.78, 5) is 22.3. The third-order valence-corrected chi connectivity index (χ3v) is 6.37. The number of carboxylic acids is 2. The molecule has 0 spiro atoms.